The highest BCUT2D eigenvalue weighted by molar-refractivity contribution is 7.89. The van der Waals surface area contributed by atoms with Crippen LogP contribution in [0.5, 0.6) is 0 Å². The zero-order valence-electron chi connectivity index (χ0n) is 14.5. The van der Waals surface area contributed by atoms with Crippen LogP contribution in [0.25, 0.3) is 0 Å². The molecule has 1 saturated heterocycles. The molecule has 134 valence electrons. The van der Waals surface area contributed by atoms with Crippen molar-refractivity contribution in [3.05, 3.63) is 35.4 Å². The summed E-state index contributed by atoms with van der Waals surface area (Å²) in [4.78, 5) is 12.4. The molecule has 1 aromatic carbocycles. The van der Waals surface area contributed by atoms with E-state index in [1.54, 1.807) is 0 Å². The van der Waals surface area contributed by atoms with Gasteiger partial charge in [0, 0.05) is 25.6 Å². The maximum absolute atomic E-state index is 12.4. The van der Waals surface area contributed by atoms with E-state index in [1.807, 2.05) is 24.3 Å². The van der Waals surface area contributed by atoms with E-state index < -0.39 is 10.0 Å². The molecular formula is C17H26N2O4S. The first-order valence-corrected chi connectivity index (χ1v) is 9.82. The third kappa shape index (κ3) is 4.78. The van der Waals surface area contributed by atoms with Gasteiger partial charge in [-0.2, -0.15) is 0 Å². The maximum Gasteiger partial charge on any atom is 0.251 e. The van der Waals surface area contributed by atoms with Crippen LogP contribution >= 0.6 is 0 Å². The fourth-order valence-corrected chi connectivity index (χ4v) is 3.87. The van der Waals surface area contributed by atoms with E-state index in [4.69, 9.17) is 4.74 Å². The molecule has 0 spiro atoms. The zero-order chi connectivity index (χ0) is 17.7. The van der Waals surface area contributed by atoms with Gasteiger partial charge in [-0.15, -0.1) is 0 Å². The average molecular weight is 354 g/mol. The van der Waals surface area contributed by atoms with Gasteiger partial charge in [-0.1, -0.05) is 25.5 Å². The molecular weight excluding hydrogens is 328 g/mol. The van der Waals surface area contributed by atoms with E-state index in [0.29, 0.717) is 18.8 Å². The lowest BCUT2D eigenvalue weighted by Crippen LogP contribution is -2.43. The molecule has 6 nitrogen and oxygen atoms in total. The van der Waals surface area contributed by atoms with Gasteiger partial charge in [-0.3, -0.25) is 4.79 Å². The van der Waals surface area contributed by atoms with Crippen LogP contribution in [0.4, 0.5) is 0 Å². The van der Waals surface area contributed by atoms with Crippen molar-refractivity contribution >= 4 is 15.9 Å². The van der Waals surface area contributed by atoms with Crippen LogP contribution in [0, 0.1) is 5.92 Å². The molecule has 0 radical (unpaired) electrons. The Labute approximate surface area is 144 Å². The highest BCUT2D eigenvalue weighted by Gasteiger charge is 2.34. The minimum absolute atomic E-state index is 0.0274. The van der Waals surface area contributed by atoms with Crippen molar-refractivity contribution in [2.45, 2.75) is 25.8 Å². The molecule has 1 aliphatic heterocycles. The summed E-state index contributed by atoms with van der Waals surface area (Å²) in [6.45, 7) is 2.80. The van der Waals surface area contributed by atoms with E-state index in [1.165, 1.54) is 24.0 Å². The smallest absolute Gasteiger partial charge is 0.251 e. The molecule has 1 aliphatic rings. The van der Waals surface area contributed by atoms with Crippen LogP contribution in [0.1, 0.15) is 29.3 Å². The summed E-state index contributed by atoms with van der Waals surface area (Å²) >= 11 is 0. The van der Waals surface area contributed by atoms with Crippen molar-refractivity contribution in [3.63, 3.8) is 0 Å². The highest BCUT2D eigenvalue weighted by atomic mass is 32.2. The number of nitrogens with one attached hydrogen (secondary N) is 1. The molecule has 24 heavy (non-hydrogen) atoms. The van der Waals surface area contributed by atoms with Crippen LogP contribution in [0.15, 0.2) is 24.3 Å². The van der Waals surface area contributed by atoms with Crippen LogP contribution in [0.2, 0.25) is 0 Å². The van der Waals surface area contributed by atoms with Gasteiger partial charge in [0.25, 0.3) is 5.91 Å². The monoisotopic (exact) mass is 354 g/mol. The number of sulfonamides is 1. The first-order valence-electron chi connectivity index (χ1n) is 8.21. The third-order valence-electron chi connectivity index (χ3n) is 4.25. The minimum atomic E-state index is -3.32. The van der Waals surface area contributed by atoms with Crippen molar-refractivity contribution in [3.8, 4) is 0 Å². The third-order valence-corrected chi connectivity index (χ3v) is 6.21. The van der Waals surface area contributed by atoms with Gasteiger partial charge in [0.1, 0.15) is 0 Å². The van der Waals surface area contributed by atoms with Crippen molar-refractivity contribution in [1.82, 2.24) is 9.62 Å². The number of rotatable bonds is 7. The van der Waals surface area contributed by atoms with E-state index in [2.05, 4.69) is 12.2 Å². The molecule has 1 aromatic rings. The number of amides is 1. The molecule has 1 N–H and O–H groups in total. The Bertz CT molecular complexity index is 656. The molecule has 0 aromatic heterocycles. The molecule has 2 atom stereocenters. The van der Waals surface area contributed by atoms with Crippen LogP contribution in [-0.4, -0.2) is 57.7 Å². The Morgan fingerprint density at radius 1 is 1.25 bits per heavy atom. The highest BCUT2D eigenvalue weighted by Crippen LogP contribution is 2.18. The fourth-order valence-electron chi connectivity index (χ4n) is 2.71. The van der Waals surface area contributed by atoms with Crippen LogP contribution < -0.4 is 5.32 Å². The summed E-state index contributed by atoms with van der Waals surface area (Å²) in [5.74, 6) is -0.457. The SMILES string of the molecule is CCCc1ccc(C(=O)N[C@H]2COC[C@H]2CS(=O)(=O)N(C)C)cc1. The zero-order valence-corrected chi connectivity index (χ0v) is 15.3. The summed E-state index contributed by atoms with van der Waals surface area (Å²) in [6.07, 6.45) is 2.05. The summed E-state index contributed by atoms with van der Waals surface area (Å²) in [5.41, 5.74) is 1.78. The standard InChI is InChI=1S/C17H26N2O4S/c1-4-5-13-6-8-14(9-7-13)17(20)18-16-11-23-10-15(16)12-24(21,22)19(2)3/h6-9,15-16H,4-5,10-12H2,1-3H3,(H,18,20)/t15-,16-/m0/s1. The number of hydrogen-bond acceptors (Lipinski definition) is 4. The summed E-state index contributed by atoms with van der Waals surface area (Å²) < 4.78 is 30.7. The number of hydrogen-bond donors (Lipinski definition) is 1. The molecule has 0 unspecified atom stereocenters. The number of carbonyl (C=O) groups excluding carboxylic acids is 1. The second kappa shape index (κ2) is 8.09. The Morgan fingerprint density at radius 2 is 1.92 bits per heavy atom. The molecule has 2 rings (SSSR count). The lowest BCUT2D eigenvalue weighted by atomic mass is 10.0. The van der Waals surface area contributed by atoms with Crippen molar-refractivity contribution in [2.75, 3.05) is 33.1 Å². The number of benzene rings is 1. The molecule has 1 amide bonds. The topological polar surface area (TPSA) is 75.7 Å². The lowest BCUT2D eigenvalue weighted by molar-refractivity contribution is 0.0926. The lowest BCUT2D eigenvalue weighted by Gasteiger charge is -2.21. The Balaban J connectivity index is 1.99. The molecule has 0 bridgehead atoms. The van der Waals surface area contributed by atoms with Gasteiger partial charge >= 0.3 is 0 Å². The molecule has 0 aliphatic carbocycles. The van der Waals surface area contributed by atoms with Gasteiger partial charge in [-0.25, -0.2) is 12.7 Å². The summed E-state index contributed by atoms with van der Waals surface area (Å²) in [5, 5.41) is 2.91. The largest absolute Gasteiger partial charge is 0.379 e. The van der Waals surface area contributed by atoms with Gasteiger partial charge < -0.3 is 10.1 Å². The van der Waals surface area contributed by atoms with Gasteiger partial charge in [0.2, 0.25) is 10.0 Å². The number of nitrogens with zero attached hydrogens (tertiary/aromatic N) is 1. The second-order valence-electron chi connectivity index (χ2n) is 6.39. The molecule has 1 heterocycles. The first-order chi connectivity index (χ1) is 11.3. The second-order valence-corrected chi connectivity index (χ2v) is 8.61. The van der Waals surface area contributed by atoms with Gasteiger partial charge in [0.05, 0.1) is 25.0 Å². The Kier molecular flexibility index (Phi) is 6.37. The molecule has 7 heteroatoms. The summed E-state index contributed by atoms with van der Waals surface area (Å²) in [7, 11) is -0.304. The van der Waals surface area contributed by atoms with Crippen molar-refractivity contribution in [2.24, 2.45) is 5.92 Å². The number of ether oxygens (including phenoxy) is 1. The van der Waals surface area contributed by atoms with E-state index in [0.717, 1.165) is 12.8 Å². The van der Waals surface area contributed by atoms with Crippen LogP contribution in [-0.2, 0) is 21.2 Å². The maximum atomic E-state index is 12.4. The summed E-state index contributed by atoms with van der Waals surface area (Å²) in [6, 6.07) is 7.24. The average Bonchev–Trinajstić information content (AvgIpc) is 2.94. The van der Waals surface area contributed by atoms with E-state index in [-0.39, 0.29) is 23.6 Å². The minimum Gasteiger partial charge on any atom is -0.379 e. The predicted octanol–water partition coefficient (Wildman–Crippen LogP) is 1.28. The van der Waals surface area contributed by atoms with Crippen molar-refractivity contribution < 1.29 is 17.9 Å². The predicted molar refractivity (Wildman–Crippen MR) is 93.5 cm³/mol. The van der Waals surface area contributed by atoms with Gasteiger partial charge in [0.15, 0.2) is 0 Å². The quantitative estimate of drug-likeness (QED) is 0.800. The number of aryl methyl sites for hydroxylation is 1. The Morgan fingerprint density at radius 3 is 2.50 bits per heavy atom. The van der Waals surface area contributed by atoms with E-state index >= 15 is 0 Å². The van der Waals surface area contributed by atoms with Crippen LogP contribution in [0.3, 0.4) is 0 Å². The Hall–Kier alpha value is -1.44. The van der Waals surface area contributed by atoms with Crippen molar-refractivity contribution in [1.29, 1.82) is 0 Å². The number of carbonyl (C=O) groups is 1. The molecule has 1 fully saturated rings. The normalized spacial score (nSPS) is 21.2. The van der Waals surface area contributed by atoms with E-state index in [9.17, 15) is 13.2 Å². The van der Waals surface area contributed by atoms with Gasteiger partial charge in [-0.05, 0) is 24.1 Å². The molecule has 0 saturated carbocycles. The first kappa shape index (κ1) is 18.9. The fraction of sp³-hybridized carbons (Fsp3) is 0.588.